The molecular formula is C14H21NO4. The Morgan fingerprint density at radius 2 is 1.79 bits per heavy atom. The first-order valence-electron chi connectivity index (χ1n) is 6.05. The van der Waals surface area contributed by atoms with Gasteiger partial charge < -0.3 is 14.9 Å². The van der Waals surface area contributed by atoms with Crippen molar-refractivity contribution in [3.05, 3.63) is 23.8 Å². The molecule has 0 saturated heterocycles. The predicted molar refractivity (Wildman–Crippen MR) is 73.2 cm³/mol. The van der Waals surface area contributed by atoms with Gasteiger partial charge >= 0.3 is 6.09 Å². The minimum Gasteiger partial charge on any atom is -0.508 e. The van der Waals surface area contributed by atoms with Gasteiger partial charge in [0.25, 0.3) is 0 Å². The maximum Gasteiger partial charge on any atom is 0.412 e. The van der Waals surface area contributed by atoms with Crippen molar-refractivity contribution in [3.8, 4) is 5.75 Å². The fourth-order valence-corrected chi connectivity index (χ4v) is 1.56. The number of phenols is 1. The van der Waals surface area contributed by atoms with Gasteiger partial charge in [-0.1, -0.05) is 0 Å². The smallest absolute Gasteiger partial charge is 0.412 e. The van der Waals surface area contributed by atoms with Gasteiger partial charge in [0.1, 0.15) is 11.4 Å². The first-order valence-corrected chi connectivity index (χ1v) is 6.05. The van der Waals surface area contributed by atoms with E-state index in [2.05, 4.69) is 5.32 Å². The Balaban J connectivity index is 2.99. The molecule has 0 aliphatic rings. The molecule has 106 valence electrons. The molecule has 0 radical (unpaired) electrons. The molecule has 0 atom stereocenters. The maximum absolute atomic E-state index is 11.7. The van der Waals surface area contributed by atoms with Crippen LogP contribution in [-0.2, 0) is 10.3 Å². The van der Waals surface area contributed by atoms with Crippen LogP contribution in [0.25, 0.3) is 0 Å². The van der Waals surface area contributed by atoms with E-state index < -0.39 is 17.3 Å². The quantitative estimate of drug-likeness (QED) is 0.720. The molecular weight excluding hydrogens is 246 g/mol. The summed E-state index contributed by atoms with van der Waals surface area (Å²) in [5.74, 6) is 0.0202. The van der Waals surface area contributed by atoms with Gasteiger partial charge in [-0.2, -0.15) is 0 Å². The van der Waals surface area contributed by atoms with Crippen molar-refractivity contribution in [2.24, 2.45) is 0 Å². The highest BCUT2D eigenvalue weighted by Gasteiger charge is 2.23. The van der Waals surface area contributed by atoms with Crippen LogP contribution >= 0.6 is 0 Å². The normalized spacial score (nSPS) is 12.1. The van der Waals surface area contributed by atoms with Gasteiger partial charge in [-0.25, -0.2) is 4.79 Å². The zero-order chi connectivity index (χ0) is 14.8. The van der Waals surface area contributed by atoms with Gasteiger partial charge in [-0.3, -0.25) is 5.32 Å². The van der Waals surface area contributed by atoms with Crippen molar-refractivity contribution in [2.45, 2.75) is 45.8 Å². The van der Waals surface area contributed by atoms with Gasteiger partial charge in [0.05, 0.1) is 11.3 Å². The van der Waals surface area contributed by atoms with E-state index >= 15 is 0 Å². The molecule has 0 unspecified atom stereocenters. The lowest BCUT2D eigenvalue weighted by molar-refractivity contribution is 0.0632. The minimum absolute atomic E-state index is 0.0202. The molecule has 0 aromatic heterocycles. The molecule has 1 amide bonds. The summed E-state index contributed by atoms with van der Waals surface area (Å²) in [4.78, 5) is 11.7. The number of phenolic OH excluding ortho intramolecular Hbond substituents is 1. The van der Waals surface area contributed by atoms with Crippen LogP contribution in [0.1, 0.15) is 40.2 Å². The fourth-order valence-electron chi connectivity index (χ4n) is 1.56. The standard InChI is InChI=1S/C14H21NO4/c1-13(2,3)19-12(17)15-11-7-6-9(16)8-10(11)14(4,5)18/h6-8,16,18H,1-5H3,(H,15,17). The molecule has 0 spiro atoms. The van der Waals surface area contributed by atoms with Crippen LogP contribution in [-0.4, -0.2) is 21.9 Å². The molecule has 0 bridgehead atoms. The van der Waals surface area contributed by atoms with Crippen molar-refractivity contribution in [1.29, 1.82) is 0 Å². The van der Waals surface area contributed by atoms with Crippen molar-refractivity contribution in [2.75, 3.05) is 5.32 Å². The van der Waals surface area contributed by atoms with Crippen LogP contribution in [0.5, 0.6) is 5.75 Å². The number of ether oxygens (including phenoxy) is 1. The topological polar surface area (TPSA) is 78.8 Å². The number of carbonyl (C=O) groups is 1. The zero-order valence-corrected chi connectivity index (χ0v) is 11.9. The van der Waals surface area contributed by atoms with Crippen LogP contribution in [0.2, 0.25) is 0 Å². The zero-order valence-electron chi connectivity index (χ0n) is 11.9. The SMILES string of the molecule is CC(C)(C)OC(=O)Nc1ccc(O)cc1C(C)(C)O. The molecule has 19 heavy (non-hydrogen) atoms. The number of anilines is 1. The average Bonchev–Trinajstić information content (AvgIpc) is 2.16. The Morgan fingerprint density at radius 3 is 2.26 bits per heavy atom. The number of hydrogen-bond donors (Lipinski definition) is 3. The summed E-state index contributed by atoms with van der Waals surface area (Å²) in [5.41, 5.74) is -0.975. The number of amides is 1. The van der Waals surface area contributed by atoms with Gasteiger partial charge in [-0.05, 0) is 52.8 Å². The van der Waals surface area contributed by atoms with Crippen LogP contribution in [0.3, 0.4) is 0 Å². The van der Waals surface area contributed by atoms with E-state index in [1.54, 1.807) is 34.6 Å². The number of nitrogens with one attached hydrogen (secondary N) is 1. The molecule has 1 aromatic carbocycles. The summed E-state index contributed by atoms with van der Waals surface area (Å²) in [7, 11) is 0. The number of hydrogen-bond acceptors (Lipinski definition) is 4. The summed E-state index contributed by atoms with van der Waals surface area (Å²) in [6.45, 7) is 8.44. The van der Waals surface area contributed by atoms with E-state index in [0.29, 0.717) is 11.3 Å². The second-order valence-corrected chi connectivity index (χ2v) is 5.92. The third-order valence-corrected chi connectivity index (χ3v) is 2.30. The van der Waals surface area contributed by atoms with Gasteiger partial charge in [0, 0.05) is 5.56 Å². The van der Waals surface area contributed by atoms with E-state index in [-0.39, 0.29) is 5.75 Å². The molecule has 0 aliphatic carbocycles. The second kappa shape index (κ2) is 5.09. The van der Waals surface area contributed by atoms with Gasteiger partial charge in [0.15, 0.2) is 0 Å². The summed E-state index contributed by atoms with van der Waals surface area (Å²) < 4.78 is 5.15. The third kappa shape index (κ3) is 4.79. The van der Waals surface area contributed by atoms with E-state index in [1.807, 2.05) is 0 Å². The molecule has 0 aliphatic heterocycles. The highest BCUT2D eigenvalue weighted by Crippen LogP contribution is 2.31. The van der Waals surface area contributed by atoms with E-state index in [0.717, 1.165) is 0 Å². The maximum atomic E-state index is 11.7. The van der Waals surface area contributed by atoms with Gasteiger partial charge in [0.2, 0.25) is 0 Å². The monoisotopic (exact) mass is 267 g/mol. The Morgan fingerprint density at radius 1 is 1.21 bits per heavy atom. The van der Waals surface area contributed by atoms with Crippen molar-refractivity contribution in [3.63, 3.8) is 0 Å². The molecule has 5 nitrogen and oxygen atoms in total. The van der Waals surface area contributed by atoms with Crippen molar-refractivity contribution >= 4 is 11.8 Å². The molecule has 0 heterocycles. The number of aromatic hydroxyl groups is 1. The van der Waals surface area contributed by atoms with Gasteiger partial charge in [-0.15, -0.1) is 0 Å². The first kappa shape index (κ1) is 15.3. The minimum atomic E-state index is -1.19. The second-order valence-electron chi connectivity index (χ2n) is 5.92. The summed E-state index contributed by atoms with van der Waals surface area (Å²) in [6, 6.07) is 4.36. The summed E-state index contributed by atoms with van der Waals surface area (Å²) in [5, 5.41) is 22.1. The molecule has 3 N–H and O–H groups in total. The Bertz CT molecular complexity index is 469. The van der Waals surface area contributed by atoms with Crippen LogP contribution in [0.4, 0.5) is 10.5 Å². The van der Waals surface area contributed by atoms with Crippen molar-refractivity contribution in [1.82, 2.24) is 0 Å². The summed E-state index contributed by atoms with van der Waals surface area (Å²) in [6.07, 6.45) is -0.608. The third-order valence-electron chi connectivity index (χ3n) is 2.30. The number of aliphatic hydroxyl groups is 1. The molecule has 1 rings (SSSR count). The molecule has 0 fully saturated rings. The average molecular weight is 267 g/mol. The molecule has 5 heteroatoms. The van der Waals surface area contributed by atoms with Crippen LogP contribution in [0.15, 0.2) is 18.2 Å². The molecule has 1 aromatic rings. The van der Waals surface area contributed by atoms with Crippen molar-refractivity contribution < 1.29 is 19.7 Å². The fraction of sp³-hybridized carbons (Fsp3) is 0.500. The highest BCUT2D eigenvalue weighted by atomic mass is 16.6. The molecule has 0 saturated carbocycles. The lowest BCUT2D eigenvalue weighted by Crippen LogP contribution is -2.28. The van der Waals surface area contributed by atoms with E-state index in [1.165, 1.54) is 18.2 Å². The largest absolute Gasteiger partial charge is 0.508 e. The van der Waals surface area contributed by atoms with Crippen LogP contribution in [0, 0.1) is 0 Å². The lowest BCUT2D eigenvalue weighted by atomic mass is 9.96. The van der Waals surface area contributed by atoms with E-state index in [4.69, 9.17) is 4.74 Å². The number of benzene rings is 1. The van der Waals surface area contributed by atoms with E-state index in [9.17, 15) is 15.0 Å². The predicted octanol–water partition coefficient (Wildman–Crippen LogP) is 2.97. The van der Waals surface area contributed by atoms with Crippen LogP contribution < -0.4 is 5.32 Å². The summed E-state index contributed by atoms with van der Waals surface area (Å²) >= 11 is 0. The Labute approximate surface area is 113 Å². The number of rotatable bonds is 2. The first-order chi connectivity index (χ1) is 8.49. The number of carbonyl (C=O) groups excluding carboxylic acids is 1. The highest BCUT2D eigenvalue weighted by molar-refractivity contribution is 5.86. The lowest BCUT2D eigenvalue weighted by Gasteiger charge is -2.24. The Kier molecular flexibility index (Phi) is 4.10. The Hall–Kier alpha value is -1.75.